The van der Waals surface area contributed by atoms with Crippen LogP contribution in [0.2, 0.25) is 0 Å². The molecule has 0 aliphatic carbocycles. The standard InChI is InChI=1S/C13H16ClNO/c1-11(6-8-14)7-9-16-13-5-3-2-4-12(13)10-15/h2-5,11H,6-9H2,1H3. The van der Waals surface area contributed by atoms with E-state index in [-0.39, 0.29) is 0 Å². The first-order valence-corrected chi connectivity index (χ1v) is 5.99. The lowest BCUT2D eigenvalue weighted by Crippen LogP contribution is -2.05. The van der Waals surface area contributed by atoms with Crippen molar-refractivity contribution in [1.82, 2.24) is 0 Å². The Morgan fingerprint density at radius 1 is 1.38 bits per heavy atom. The molecule has 0 amide bonds. The summed E-state index contributed by atoms with van der Waals surface area (Å²) in [6.07, 6.45) is 1.97. The normalized spacial score (nSPS) is 11.8. The summed E-state index contributed by atoms with van der Waals surface area (Å²) in [6, 6.07) is 9.41. The Balaban J connectivity index is 2.40. The first-order chi connectivity index (χ1) is 7.77. The van der Waals surface area contributed by atoms with E-state index in [1.165, 1.54) is 0 Å². The molecule has 1 unspecified atom stereocenters. The fourth-order valence-electron chi connectivity index (χ4n) is 1.39. The Labute approximate surface area is 102 Å². The number of hydrogen-bond acceptors (Lipinski definition) is 2. The van der Waals surface area contributed by atoms with Crippen LogP contribution >= 0.6 is 11.6 Å². The smallest absolute Gasteiger partial charge is 0.137 e. The summed E-state index contributed by atoms with van der Waals surface area (Å²) in [6.45, 7) is 2.79. The molecule has 1 aromatic rings. The molecule has 16 heavy (non-hydrogen) atoms. The minimum Gasteiger partial charge on any atom is -0.492 e. The van der Waals surface area contributed by atoms with Crippen LogP contribution in [0.25, 0.3) is 0 Å². The summed E-state index contributed by atoms with van der Waals surface area (Å²) in [4.78, 5) is 0. The molecule has 0 aliphatic rings. The second-order valence-electron chi connectivity index (χ2n) is 3.83. The average molecular weight is 238 g/mol. The van der Waals surface area contributed by atoms with Crippen molar-refractivity contribution in [3.63, 3.8) is 0 Å². The van der Waals surface area contributed by atoms with E-state index in [1.54, 1.807) is 6.07 Å². The molecule has 0 heterocycles. The zero-order chi connectivity index (χ0) is 11.8. The predicted molar refractivity (Wildman–Crippen MR) is 65.8 cm³/mol. The third-order valence-electron chi connectivity index (χ3n) is 2.48. The average Bonchev–Trinajstić information content (AvgIpc) is 2.30. The van der Waals surface area contributed by atoms with Crippen LogP contribution in [0.15, 0.2) is 24.3 Å². The highest BCUT2D eigenvalue weighted by atomic mass is 35.5. The van der Waals surface area contributed by atoms with Crippen molar-refractivity contribution >= 4 is 11.6 Å². The number of rotatable bonds is 6. The second kappa shape index (κ2) is 7.14. The van der Waals surface area contributed by atoms with Gasteiger partial charge in [0.25, 0.3) is 0 Å². The fourth-order valence-corrected chi connectivity index (χ4v) is 1.76. The van der Waals surface area contributed by atoms with Gasteiger partial charge in [-0.25, -0.2) is 0 Å². The number of nitriles is 1. The number of para-hydroxylation sites is 1. The zero-order valence-corrected chi connectivity index (χ0v) is 10.2. The molecular weight excluding hydrogens is 222 g/mol. The second-order valence-corrected chi connectivity index (χ2v) is 4.21. The first-order valence-electron chi connectivity index (χ1n) is 5.45. The van der Waals surface area contributed by atoms with Crippen LogP contribution in [-0.4, -0.2) is 12.5 Å². The summed E-state index contributed by atoms with van der Waals surface area (Å²) in [7, 11) is 0. The van der Waals surface area contributed by atoms with E-state index in [4.69, 9.17) is 21.6 Å². The number of halogens is 1. The van der Waals surface area contributed by atoms with Crippen molar-refractivity contribution in [2.45, 2.75) is 19.8 Å². The lowest BCUT2D eigenvalue weighted by Gasteiger charge is -2.11. The molecule has 0 aliphatic heterocycles. The predicted octanol–water partition coefficient (Wildman–Crippen LogP) is 3.59. The Morgan fingerprint density at radius 3 is 2.81 bits per heavy atom. The number of ether oxygens (including phenoxy) is 1. The highest BCUT2D eigenvalue weighted by molar-refractivity contribution is 6.17. The van der Waals surface area contributed by atoms with Gasteiger partial charge in [0.1, 0.15) is 11.8 Å². The molecule has 0 aromatic heterocycles. The van der Waals surface area contributed by atoms with Crippen LogP contribution < -0.4 is 4.74 Å². The SMILES string of the molecule is CC(CCCl)CCOc1ccccc1C#N. The topological polar surface area (TPSA) is 33.0 Å². The van der Waals surface area contributed by atoms with Gasteiger partial charge in [0.05, 0.1) is 12.2 Å². The fraction of sp³-hybridized carbons (Fsp3) is 0.462. The first kappa shape index (κ1) is 12.9. The maximum Gasteiger partial charge on any atom is 0.137 e. The Bertz CT molecular complexity index is 359. The molecule has 0 saturated carbocycles. The van der Waals surface area contributed by atoms with Crippen LogP contribution in [0.5, 0.6) is 5.75 Å². The van der Waals surface area contributed by atoms with E-state index in [2.05, 4.69) is 13.0 Å². The Morgan fingerprint density at radius 2 is 2.12 bits per heavy atom. The summed E-state index contributed by atoms with van der Waals surface area (Å²) in [5.41, 5.74) is 0.590. The quantitative estimate of drug-likeness (QED) is 0.709. The molecule has 0 radical (unpaired) electrons. The summed E-state index contributed by atoms with van der Waals surface area (Å²) >= 11 is 5.66. The molecule has 1 atom stereocenters. The zero-order valence-electron chi connectivity index (χ0n) is 9.45. The minimum atomic E-state index is 0.562. The molecule has 0 spiro atoms. The van der Waals surface area contributed by atoms with Gasteiger partial charge in [-0.2, -0.15) is 5.26 Å². The molecule has 0 saturated heterocycles. The lowest BCUT2D eigenvalue weighted by atomic mass is 10.1. The number of alkyl halides is 1. The van der Waals surface area contributed by atoms with E-state index in [1.807, 2.05) is 18.2 Å². The van der Waals surface area contributed by atoms with Crippen molar-refractivity contribution in [2.75, 3.05) is 12.5 Å². The van der Waals surface area contributed by atoms with E-state index < -0.39 is 0 Å². The lowest BCUT2D eigenvalue weighted by molar-refractivity contribution is 0.281. The van der Waals surface area contributed by atoms with Gasteiger partial charge in [0.15, 0.2) is 0 Å². The molecule has 3 heteroatoms. The van der Waals surface area contributed by atoms with E-state index in [0.717, 1.165) is 12.8 Å². The monoisotopic (exact) mass is 237 g/mol. The van der Waals surface area contributed by atoms with E-state index >= 15 is 0 Å². The van der Waals surface area contributed by atoms with Gasteiger partial charge < -0.3 is 4.74 Å². The van der Waals surface area contributed by atoms with Crippen molar-refractivity contribution in [1.29, 1.82) is 5.26 Å². The molecule has 0 N–H and O–H groups in total. The number of benzene rings is 1. The van der Waals surface area contributed by atoms with Gasteiger partial charge in [-0.05, 0) is 30.9 Å². The van der Waals surface area contributed by atoms with E-state index in [0.29, 0.717) is 29.7 Å². The van der Waals surface area contributed by atoms with Gasteiger partial charge in [0.2, 0.25) is 0 Å². The van der Waals surface area contributed by atoms with Crippen molar-refractivity contribution in [3.8, 4) is 11.8 Å². The van der Waals surface area contributed by atoms with Crippen LogP contribution in [0, 0.1) is 17.2 Å². The van der Waals surface area contributed by atoms with Crippen molar-refractivity contribution < 1.29 is 4.74 Å². The molecular formula is C13H16ClNO. The number of hydrogen-bond donors (Lipinski definition) is 0. The summed E-state index contributed by atoms with van der Waals surface area (Å²) in [5.74, 6) is 1.92. The molecule has 2 nitrogen and oxygen atoms in total. The Hall–Kier alpha value is -1.20. The van der Waals surface area contributed by atoms with Gasteiger partial charge in [0, 0.05) is 5.88 Å². The van der Waals surface area contributed by atoms with Crippen LogP contribution in [0.3, 0.4) is 0 Å². The van der Waals surface area contributed by atoms with Gasteiger partial charge in [-0.1, -0.05) is 19.1 Å². The molecule has 1 rings (SSSR count). The molecule has 0 fully saturated rings. The molecule has 1 aromatic carbocycles. The highest BCUT2D eigenvalue weighted by Gasteiger charge is 2.04. The Kier molecular flexibility index (Phi) is 5.74. The minimum absolute atomic E-state index is 0.562. The maximum absolute atomic E-state index is 8.86. The number of nitrogens with zero attached hydrogens (tertiary/aromatic N) is 1. The van der Waals surface area contributed by atoms with Crippen molar-refractivity contribution in [3.05, 3.63) is 29.8 Å². The largest absolute Gasteiger partial charge is 0.492 e. The molecule has 0 bridgehead atoms. The van der Waals surface area contributed by atoms with Crippen LogP contribution in [0.4, 0.5) is 0 Å². The summed E-state index contributed by atoms with van der Waals surface area (Å²) in [5, 5.41) is 8.86. The maximum atomic E-state index is 8.86. The van der Waals surface area contributed by atoms with Gasteiger partial charge in [-0.15, -0.1) is 11.6 Å². The van der Waals surface area contributed by atoms with Crippen LogP contribution in [-0.2, 0) is 0 Å². The van der Waals surface area contributed by atoms with Crippen molar-refractivity contribution in [2.24, 2.45) is 5.92 Å². The third kappa shape index (κ3) is 4.12. The third-order valence-corrected chi connectivity index (χ3v) is 2.70. The van der Waals surface area contributed by atoms with Gasteiger partial charge in [-0.3, -0.25) is 0 Å². The van der Waals surface area contributed by atoms with E-state index in [9.17, 15) is 0 Å². The van der Waals surface area contributed by atoms with Crippen LogP contribution in [0.1, 0.15) is 25.3 Å². The van der Waals surface area contributed by atoms with Gasteiger partial charge >= 0.3 is 0 Å². The molecule has 86 valence electrons. The summed E-state index contributed by atoms with van der Waals surface area (Å²) < 4.78 is 5.58. The highest BCUT2D eigenvalue weighted by Crippen LogP contribution is 2.17.